The minimum absolute atomic E-state index is 0.561. The fourth-order valence-corrected chi connectivity index (χ4v) is 11.4. The second-order valence-corrected chi connectivity index (χ2v) is 16.6. The molecule has 0 bridgehead atoms. The molecule has 0 saturated heterocycles. The molecule has 0 fully saturated rings. The van der Waals surface area contributed by atoms with Gasteiger partial charge in [0.25, 0.3) is 0 Å². The monoisotopic (exact) mass is 668 g/mol. The van der Waals surface area contributed by atoms with E-state index in [2.05, 4.69) is 188 Å². The normalized spacial score (nSPS) is 13.3. The Balaban J connectivity index is 1.23. The zero-order valence-electron chi connectivity index (χ0n) is 27.9. The van der Waals surface area contributed by atoms with E-state index in [0.717, 1.165) is 33.9 Å². The number of aromatic nitrogens is 2. The average molecular weight is 669 g/mol. The molecule has 0 amide bonds. The fraction of sp³-hybridized carbons (Fsp3) is 0.0208. The van der Waals surface area contributed by atoms with Crippen molar-refractivity contribution in [1.82, 2.24) is 9.97 Å². The smallest absolute Gasteiger partial charge is 0.160 e. The van der Waals surface area contributed by atoms with Gasteiger partial charge in [-0.25, -0.2) is 9.97 Å². The van der Waals surface area contributed by atoms with Crippen molar-refractivity contribution in [3.8, 4) is 44.9 Å². The standard InChI is InChI=1S/C48H33N2P/c1-51(35-19-7-3-8-20-35,36-21-9-4-10-22-36)37-31-29-34(30-32-37)47-49-45(33-17-5-2-6-18-33)44-40-25-13-16-28-43(40)48(46(44)50-47)41-26-14-11-23-38(41)39-24-12-15-27-42(39)48/h2-32H,1H2. The summed E-state index contributed by atoms with van der Waals surface area (Å²) in [6.07, 6.45) is 4.98. The molecule has 0 N–H and O–H groups in total. The van der Waals surface area contributed by atoms with Gasteiger partial charge in [-0.15, -0.1) is 0 Å². The Morgan fingerprint density at radius 3 is 1.37 bits per heavy atom. The minimum Gasteiger partial charge on any atom is -0.231 e. The Morgan fingerprint density at radius 2 is 0.824 bits per heavy atom. The van der Waals surface area contributed by atoms with Gasteiger partial charge in [-0.3, -0.25) is 0 Å². The Hall–Kier alpha value is -6.08. The van der Waals surface area contributed by atoms with Gasteiger partial charge >= 0.3 is 0 Å². The van der Waals surface area contributed by atoms with Crippen LogP contribution in [0.15, 0.2) is 188 Å². The van der Waals surface area contributed by atoms with Gasteiger partial charge in [-0.1, -0.05) is 194 Å². The lowest BCUT2D eigenvalue weighted by Crippen LogP contribution is -2.27. The van der Waals surface area contributed by atoms with E-state index in [4.69, 9.17) is 16.3 Å². The molecular weight excluding hydrogens is 636 g/mol. The maximum atomic E-state index is 5.65. The van der Waals surface area contributed by atoms with Crippen LogP contribution in [0, 0.1) is 0 Å². The highest BCUT2D eigenvalue weighted by molar-refractivity contribution is 7.93. The Bertz CT molecular complexity index is 2560. The van der Waals surface area contributed by atoms with Gasteiger partial charge in [0.05, 0.1) is 16.8 Å². The summed E-state index contributed by atoms with van der Waals surface area (Å²) < 4.78 is 0. The third-order valence-electron chi connectivity index (χ3n) is 10.8. The van der Waals surface area contributed by atoms with Gasteiger partial charge in [0, 0.05) is 16.7 Å². The Labute approximate surface area is 298 Å². The van der Waals surface area contributed by atoms with E-state index in [-0.39, 0.29) is 0 Å². The summed E-state index contributed by atoms with van der Waals surface area (Å²) in [6.45, 7) is -2.13. The van der Waals surface area contributed by atoms with Crippen LogP contribution in [0.25, 0.3) is 44.9 Å². The van der Waals surface area contributed by atoms with Gasteiger partial charge in [0.15, 0.2) is 5.82 Å². The lowest BCUT2D eigenvalue weighted by atomic mass is 9.72. The highest BCUT2D eigenvalue weighted by atomic mass is 31.2. The Morgan fingerprint density at radius 1 is 0.392 bits per heavy atom. The van der Waals surface area contributed by atoms with Crippen LogP contribution in [0.5, 0.6) is 0 Å². The van der Waals surface area contributed by atoms with Crippen molar-refractivity contribution < 1.29 is 0 Å². The highest BCUT2D eigenvalue weighted by Crippen LogP contribution is 2.63. The van der Waals surface area contributed by atoms with E-state index in [1.54, 1.807) is 0 Å². The number of hydrogen-bond acceptors (Lipinski definition) is 2. The summed E-state index contributed by atoms with van der Waals surface area (Å²) in [6, 6.07) is 67.5. The summed E-state index contributed by atoms with van der Waals surface area (Å²) >= 11 is 0. The summed E-state index contributed by atoms with van der Waals surface area (Å²) in [5.74, 6) is 0.723. The van der Waals surface area contributed by atoms with Crippen molar-refractivity contribution in [2.75, 3.05) is 0 Å². The van der Waals surface area contributed by atoms with Crippen LogP contribution in [-0.4, -0.2) is 16.3 Å². The van der Waals surface area contributed by atoms with Gasteiger partial charge in [0.1, 0.15) is 0 Å². The zero-order valence-corrected chi connectivity index (χ0v) is 28.8. The Kier molecular flexibility index (Phi) is 6.71. The van der Waals surface area contributed by atoms with Crippen LogP contribution in [0.4, 0.5) is 0 Å². The first-order chi connectivity index (χ1) is 25.2. The van der Waals surface area contributed by atoms with Crippen molar-refractivity contribution in [1.29, 1.82) is 0 Å². The molecule has 10 rings (SSSR count). The molecular formula is C48H33N2P. The lowest BCUT2D eigenvalue weighted by Gasteiger charge is -2.29. The first kappa shape index (κ1) is 29.8. The summed E-state index contributed by atoms with van der Waals surface area (Å²) in [4.78, 5) is 11.1. The fourth-order valence-electron chi connectivity index (χ4n) is 8.53. The molecule has 2 aliphatic carbocycles. The van der Waals surface area contributed by atoms with Crippen LogP contribution >= 0.6 is 6.89 Å². The van der Waals surface area contributed by atoms with Gasteiger partial charge < -0.3 is 0 Å². The molecule has 0 atom stereocenters. The third kappa shape index (κ3) is 4.24. The number of rotatable bonds is 5. The first-order valence-corrected chi connectivity index (χ1v) is 19.4. The molecule has 1 heterocycles. The molecule has 240 valence electrons. The van der Waals surface area contributed by atoms with Gasteiger partial charge in [-0.05, 0) is 56.2 Å². The van der Waals surface area contributed by atoms with Crippen molar-refractivity contribution in [3.05, 3.63) is 210 Å². The summed E-state index contributed by atoms with van der Waals surface area (Å²) in [5, 5.41) is 3.72. The highest BCUT2D eigenvalue weighted by Gasteiger charge is 2.53. The predicted octanol–water partition coefficient (Wildman–Crippen LogP) is 9.88. The van der Waals surface area contributed by atoms with Crippen LogP contribution in [0.3, 0.4) is 0 Å². The van der Waals surface area contributed by atoms with Crippen molar-refractivity contribution in [2.45, 2.75) is 5.41 Å². The number of hydrogen-bond donors (Lipinski definition) is 0. The summed E-state index contributed by atoms with van der Waals surface area (Å²) in [7, 11) is 0. The minimum atomic E-state index is -2.13. The van der Waals surface area contributed by atoms with E-state index in [9.17, 15) is 0 Å². The average Bonchev–Trinajstić information content (AvgIpc) is 3.69. The van der Waals surface area contributed by atoms with Gasteiger partial charge in [-0.2, -0.15) is 0 Å². The number of nitrogens with zero attached hydrogens (tertiary/aromatic N) is 2. The first-order valence-electron chi connectivity index (χ1n) is 17.4. The molecule has 1 aromatic heterocycles. The topological polar surface area (TPSA) is 25.8 Å². The molecule has 7 aromatic carbocycles. The molecule has 0 saturated carbocycles. The molecule has 1 spiro atoms. The van der Waals surface area contributed by atoms with Crippen molar-refractivity contribution in [3.63, 3.8) is 0 Å². The predicted molar refractivity (Wildman–Crippen MR) is 215 cm³/mol. The molecule has 0 unspecified atom stereocenters. The number of fused-ring (bicyclic) bond motifs is 10. The molecule has 3 heteroatoms. The third-order valence-corrected chi connectivity index (χ3v) is 14.4. The second kappa shape index (κ2) is 11.5. The molecule has 2 aliphatic rings. The van der Waals surface area contributed by atoms with E-state index >= 15 is 0 Å². The van der Waals surface area contributed by atoms with E-state index in [1.807, 2.05) is 0 Å². The molecule has 0 aliphatic heterocycles. The van der Waals surface area contributed by atoms with Crippen LogP contribution in [-0.2, 0) is 5.41 Å². The molecule has 2 nitrogen and oxygen atoms in total. The quantitative estimate of drug-likeness (QED) is 0.171. The van der Waals surface area contributed by atoms with E-state index in [1.165, 1.54) is 49.3 Å². The van der Waals surface area contributed by atoms with Crippen LogP contribution in [0.2, 0.25) is 0 Å². The maximum absolute atomic E-state index is 5.65. The van der Waals surface area contributed by atoms with Gasteiger partial charge in [0.2, 0.25) is 0 Å². The van der Waals surface area contributed by atoms with E-state index in [0.29, 0.717) is 0 Å². The number of benzene rings is 7. The molecule has 8 aromatic rings. The molecule has 0 radical (unpaired) electrons. The second-order valence-electron chi connectivity index (χ2n) is 13.4. The molecule has 51 heavy (non-hydrogen) atoms. The largest absolute Gasteiger partial charge is 0.231 e. The maximum Gasteiger partial charge on any atom is 0.160 e. The van der Waals surface area contributed by atoms with Crippen LogP contribution in [0.1, 0.15) is 22.4 Å². The lowest BCUT2D eigenvalue weighted by molar-refractivity contribution is 0.758. The van der Waals surface area contributed by atoms with Crippen molar-refractivity contribution in [2.24, 2.45) is 0 Å². The van der Waals surface area contributed by atoms with Crippen LogP contribution < -0.4 is 15.9 Å². The van der Waals surface area contributed by atoms with E-state index < -0.39 is 12.3 Å². The summed E-state index contributed by atoms with van der Waals surface area (Å²) in [5.41, 5.74) is 12.1. The van der Waals surface area contributed by atoms with Crippen molar-refractivity contribution >= 4 is 29.1 Å². The zero-order chi connectivity index (χ0) is 34.0. The SMILES string of the molecule is C=P(c1ccccc1)(c1ccccc1)c1ccc(-c2nc(-c3ccccc3)c3c(n2)C2(c4ccccc4-c4ccccc42)c2ccccc2-3)cc1.